The summed E-state index contributed by atoms with van der Waals surface area (Å²) in [6.45, 7) is 0.864. The fourth-order valence-electron chi connectivity index (χ4n) is 2.58. The van der Waals surface area contributed by atoms with Gasteiger partial charge in [0.15, 0.2) is 5.52 Å². The minimum absolute atomic E-state index is 0.0581. The van der Waals surface area contributed by atoms with Gasteiger partial charge < -0.3 is 20.5 Å². The van der Waals surface area contributed by atoms with Crippen LogP contribution in [0.1, 0.15) is 5.56 Å². The maximum Gasteiger partial charge on any atom is 0.300 e. The average molecular weight is 413 g/mol. The normalized spacial score (nSPS) is 11.1. The molecule has 0 atom stereocenters. The van der Waals surface area contributed by atoms with Crippen LogP contribution >= 0.6 is 0 Å². The highest BCUT2D eigenvalue weighted by atomic mass is 16.6. The van der Waals surface area contributed by atoms with Crippen LogP contribution in [-0.2, 0) is 9.53 Å². The van der Waals surface area contributed by atoms with Crippen LogP contribution in [0, 0.1) is 10.1 Å². The maximum atomic E-state index is 11.8. The number of benzene rings is 2. The number of non-ortho nitro benzene ring substituents is 1. The molecule has 0 bridgehead atoms. The van der Waals surface area contributed by atoms with Crippen LogP contribution in [0.15, 0.2) is 47.1 Å². The number of anilines is 1. The molecule has 3 rings (SSSR count). The lowest BCUT2D eigenvalue weighted by molar-refractivity contribution is -0.383. The fourth-order valence-corrected chi connectivity index (χ4v) is 2.58. The molecule has 11 heteroatoms. The van der Waals surface area contributed by atoms with Crippen LogP contribution in [0.25, 0.3) is 17.1 Å². The number of rotatable bonds is 10. The summed E-state index contributed by atoms with van der Waals surface area (Å²) in [6, 6.07) is 9.52. The van der Waals surface area contributed by atoms with Gasteiger partial charge in [0.25, 0.3) is 0 Å². The molecule has 0 aliphatic rings. The maximum absolute atomic E-state index is 11.8. The number of nitrogens with zero attached hydrogens (tertiary/aromatic N) is 3. The van der Waals surface area contributed by atoms with Crippen molar-refractivity contribution in [3.8, 4) is 5.75 Å². The summed E-state index contributed by atoms with van der Waals surface area (Å²) < 4.78 is 9.87. The van der Waals surface area contributed by atoms with E-state index in [0.717, 1.165) is 5.56 Å². The number of carbonyl (C=O) groups excluding carboxylic acids is 1. The zero-order chi connectivity index (χ0) is 21.3. The largest absolute Gasteiger partial charge is 0.508 e. The molecule has 0 spiro atoms. The first-order valence-electron chi connectivity index (χ1n) is 8.98. The van der Waals surface area contributed by atoms with E-state index in [4.69, 9.17) is 4.74 Å². The molecular formula is C19H19N5O6. The Morgan fingerprint density at radius 1 is 1.17 bits per heavy atom. The second-order valence-electron chi connectivity index (χ2n) is 6.14. The highest BCUT2D eigenvalue weighted by Crippen LogP contribution is 2.28. The number of carbonyl (C=O) groups is 1. The Hall–Kier alpha value is -3.99. The molecule has 0 radical (unpaired) electrons. The van der Waals surface area contributed by atoms with Crippen molar-refractivity contribution >= 4 is 34.4 Å². The van der Waals surface area contributed by atoms with Gasteiger partial charge in [-0.05, 0) is 34.1 Å². The molecule has 0 aliphatic heterocycles. The van der Waals surface area contributed by atoms with Gasteiger partial charge in [0.2, 0.25) is 11.4 Å². The Morgan fingerprint density at radius 2 is 1.93 bits per heavy atom. The van der Waals surface area contributed by atoms with E-state index in [-0.39, 0.29) is 41.6 Å². The highest BCUT2D eigenvalue weighted by Gasteiger charge is 2.19. The number of amides is 1. The van der Waals surface area contributed by atoms with Crippen molar-refractivity contribution in [3.05, 3.63) is 58.2 Å². The third-order valence-corrected chi connectivity index (χ3v) is 4.00. The van der Waals surface area contributed by atoms with E-state index in [1.807, 2.05) is 6.08 Å². The van der Waals surface area contributed by atoms with Gasteiger partial charge in [0, 0.05) is 19.2 Å². The molecular weight excluding hydrogens is 394 g/mol. The summed E-state index contributed by atoms with van der Waals surface area (Å²) in [5, 5.41) is 33.1. The molecule has 1 amide bonds. The second kappa shape index (κ2) is 9.98. The topological polar surface area (TPSA) is 153 Å². The first kappa shape index (κ1) is 20.7. The zero-order valence-corrected chi connectivity index (χ0v) is 15.8. The first-order valence-corrected chi connectivity index (χ1v) is 8.98. The van der Waals surface area contributed by atoms with Crippen molar-refractivity contribution in [1.82, 2.24) is 15.6 Å². The number of fused-ring (bicyclic) bond motifs is 1. The Bertz CT molecular complexity index is 1050. The number of hydrogen-bond donors (Lipinski definition) is 3. The van der Waals surface area contributed by atoms with Crippen LogP contribution in [0.4, 0.5) is 11.4 Å². The van der Waals surface area contributed by atoms with Gasteiger partial charge >= 0.3 is 5.69 Å². The van der Waals surface area contributed by atoms with Crippen LogP contribution in [0.2, 0.25) is 0 Å². The number of phenolic OH excluding ortho intramolecular Hbond substituents is 1. The van der Waals surface area contributed by atoms with Crippen molar-refractivity contribution in [1.29, 1.82) is 0 Å². The highest BCUT2D eigenvalue weighted by molar-refractivity contribution is 5.93. The lowest BCUT2D eigenvalue weighted by Gasteiger charge is -2.08. The molecule has 3 aromatic rings. The van der Waals surface area contributed by atoms with Crippen molar-refractivity contribution in [2.24, 2.45) is 0 Å². The third-order valence-electron chi connectivity index (χ3n) is 4.00. The summed E-state index contributed by atoms with van der Waals surface area (Å²) in [5.41, 5.74) is 1.54. The van der Waals surface area contributed by atoms with Crippen molar-refractivity contribution in [2.45, 2.75) is 0 Å². The Labute approximate surface area is 170 Å². The number of aromatic hydroxyl groups is 1. The Kier molecular flexibility index (Phi) is 6.90. The average Bonchev–Trinajstić information content (AvgIpc) is 3.22. The number of hydrogen-bond acceptors (Lipinski definition) is 9. The van der Waals surface area contributed by atoms with Crippen LogP contribution in [0.3, 0.4) is 0 Å². The lowest BCUT2D eigenvalue weighted by Crippen LogP contribution is -2.31. The van der Waals surface area contributed by atoms with Crippen molar-refractivity contribution in [2.75, 3.05) is 31.6 Å². The molecule has 0 fully saturated rings. The number of nitro groups is 1. The van der Waals surface area contributed by atoms with Gasteiger partial charge in [0.1, 0.15) is 12.4 Å². The third kappa shape index (κ3) is 5.52. The van der Waals surface area contributed by atoms with E-state index in [1.165, 1.54) is 12.1 Å². The van der Waals surface area contributed by atoms with Gasteiger partial charge in [-0.15, -0.1) is 0 Å². The summed E-state index contributed by atoms with van der Waals surface area (Å²) >= 11 is 0. The molecule has 2 aromatic carbocycles. The lowest BCUT2D eigenvalue weighted by atomic mass is 10.2. The molecule has 156 valence electrons. The summed E-state index contributed by atoms with van der Waals surface area (Å²) in [4.78, 5) is 22.2. The number of nitrogens with one attached hydrogen (secondary N) is 2. The molecule has 1 aromatic heterocycles. The predicted octanol–water partition coefficient (Wildman–Crippen LogP) is 2.09. The minimum atomic E-state index is -0.559. The van der Waals surface area contributed by atoms with E-state index in [0.29, 0.717) is 18.8 Å². The van der Waals surface area contributed by atoms with Gasteiger partial charge in [-0.1, -0.05) is 24.3 Å². The molecule has 0 saturated carbocycles. The SMILES string of the molecule is O=C(COCC=Cc1ccc(O)cc1)NCCNc1ccc([N+](=O)[O-])c2nonc12. The summed E-state index contributed by atoms with van der Waals surface area (Å²) in [6.07, 6.45) is 3.60. The zero-order valence-electron chi connectivity index (χ0n) is 15.8. The van der Waals surface area contributed by atoms with E-state index in [9.17, 15) is 20.0 Å². The Balaban J connectivity index is 1.36. The molecule has 11 nitrogen and oxygen atoms in total. The number of aromatic nitrogens is 2. The van der Waals surface area contributed by atoms with Crippen molar-refractivity contribution in [3.63, 3.8) is 0 Å². The van der Waals surface area contributed by atoms with E-state index >= 15 is 0 Å². The van der Waals surface area contributed by atoms with Gasteiger partial charge in [-0.25, -0.2) is 4.63 Å². The van der Waals surface area contributed by atoms with Gasteiger partial charge in [-0.2, -0.15) is 0 Å². The van der Waals surface area contributed by atoms with Gasteiger partial charge in [0.05, 0.1) is 17.2 Å². The molecule has 1 heterocycles. The molecule has 0 aliphatic carbocycles. The quantitative estimate of drug-likeness (QED) is 0.258. The molecule has 30 heavy (non-hydrogen) atoms. The number of phenols is 1. The second-order valence-corrected chi connectivity index (χ2v) is 6.14. The molecule has 0 unspecified atom stereocenters. The van der Waals surface area contributed by atoms with Crippen LogP contribution in [-0.4, -0.2) is 52.6 Å². The fraction of sp³-hybridized carbons (Fsp3) is 0.211. The standard InChI is InChI=1S/C19H19N5O6/c25-14-5-3-13(4-6-14)2-1-11-29-12-17(26)21-10-9-20-15-7-8-16(24(27)28)19-18(15)22-30-23-19/h1-8,20,25H,9-12H2,(H,21,26). The smallest absolute Gasteiger partial charge is 0.300 e. The van der Waals surface area contributed by atoms with Gasteiger partial charge in [-0.3, -0.25) is 14.9 Å². The van der Waals surface area contributed by atoms with Crippen LogP contribution in [0.5, 0.6) is 5.75 Å². The van der Waals surface area contributed by atoms with Crippen LogP contribution < -0.4 is 10.6 Å². The number of ether oxygens (including phenoxy) is 1. The summed E-state index contributed by atoms with van der Waals surface area (Å²) in [7, 11) is 0. The van der Waals surface area contributed by atoms with E-state index in [2.05, 4.69) is 25.6 Å². The molecule has 0 saturated heterocycles. The number of nitro benzene ring substituents is 1. The van der Waals surface area contributed by atoms with Crippen molar-refractivity contribution < 1.29 is 24.2 Å². The monoisotopic (exact) mass is 413 g/mol. The first-order chi connectivity index (χ1) is 14.5. The van der Waals surface area contributed by atoms with E-state index < -0.39 is 4.92 Å². The minimum Gasteiger partial charge on any atom is -0.508 e. The Morgan fingerprint density at radius 3 is 2.70 bits per heavy atom. The summed E-state index contributed by atoms with van der Waals surface area (Å²) in [5.74, 6) is -0.0722. The van der Waals surface area contributed by atoms with E-state index in [1.54, 1.807) is 30.3 Å². The molecule has 3 N–H and O–H groups in total. The predicted molar refractivity (Wildman–Crippen MR) is 108 cm³/mol.